The third kappa shape index (κ3) is 4.87. The Balaban J connectivity index is 2.07. The zero-order valence-electron chi connectivity index (χ0n) is 13.8. The number of carboxylic acid groups (broad SMARTS) is 1. The lowest BCUT2D eigenvalue weighted by Crippen LogP contribution is -2.21. The Hall–Kier alpha value is -2.73. The summed E-state index contributed by atoms with van der Waals surface area (Å²) in [5.41, 5.74) is 1.28. The highest BCUT2D eigenvalue weighted by Gasteiger charge is 2.16. The first kappa shape index (κ1) is 18.6. The molecule has 6 nitrogen and oxygen atoms in total. The van der Waals surface area contributed by atoms with Crippen LogP contribution in [0.25, 0.3) is 0 Å². The van der Waals surface area contributed by atoms with E-state index in [4.69, 9.17) is 26.2 Å². The number of aryl methyl sites for hydroxylation is 1. The smallest absolute Gasteiger partial charge is 0.335 e. The fourth-order valence-corrected chi connectivity index (χ4v) is 2.47. The molecule has 0 atom stereocenters. The summed E-state index contributed by atoms with van der Waals surface area (Å²) in [7, 11) is 1.38. The lowest BCUT2D eigenvalue weighted by molar-refractivity contribution is -0.118. The maximum absolute atomic E-state index is 12.1. The van der Waals surface area contributed by atoms with Crippen molar-refractivity contribution in [2.45, 2.75) is 13.3 Å². The molecule has 0 bridgehead atoms. The number of amides is 1. The van der Waals surface area contributed by atoms with Crippen molar-refractivity contribution in [3.8, 4) is 11.5 Å². The Morgan fingerprint density at radius 1 is 1.20 bits per heavy atom. The first-order valence-electron chi connectivity index (χ1n) is 7.57. The summed E-state index contributed by atoms with van der Waals surface area (Å²) in [4.78, 5) is 23.2. The normalized spacial score (nSPS) is 10.2. The lowest BCUT2D eigenvalue weighted by atomic mass is 10.2. The molecule has 0 radical (unpaired) electrons. The molecule has 0 aliphatic rings. The second-order valence-electron chi connectivity index (χ2n) is 5.18. The molecular formula is C18H18ClNO5. The van der Waals surface area contributed by atoms with Crippen molar-refractivity contribution in [1.29, 1.82) is 0 Å². The standard InChI is InChI=1S/C18H18ClNO5/c1-3-11-4-6-13(7-5-11)25-10-16(21)20-15-9-12(18(22)23)8-14(19)17(15)24-2/h4-9H,3,10H2,1-2H3,(H,20,21)(H,22,23). The first-order valence-corrected chi connectivity index (χ1v) is 7.94. The summed E-state index contributed by atoms with van der Waals surface area (Å²) in [6, 6.07) is 9.95. The molecule has 1 amide bonds. The van der Waals surface area contributed by atoms with E-state index in [0.717, 1.165) is 6.42 Å². The van der Waals surface area contributed by atoms with Crippen molar-refractivity contribution in [3.05, 3.63) is 52.5 Å². The molecule has 25 heavy (non-hydrogen) atoms. The van der Waals surface area contributed by atoms with Gasteiger partial charge in [0.15, 0.2) is 12.4 Å². The molecule has 0 aliphatic heterocycles. The number of carbonyl (C=O) groups excluding carboxylic acids is 1. The molecular weight excluding hydrogens is 346 g/mol. The SMILES string of the molecule is CCc1ccc(OCC(=O)Nc2cc(C(=O)O)cc(Cl)c2OC)cc1. The Morgan fingerprint density at radius 3 is 2.44 bits per heavy atom. The first-order chi connectivity index (χ1) is 11.9. The molecule has 132 valence electrons. The molecule has 0 spiro atoms. The minimum Gasteiger partial charge on any atom is -0.493 e. The van der Waals surface area contributed by atoms with Gasteiger partial charge in [0.2, 0.25) is 0 Å². The van der Waals surface area contributed by atoms with Gasteiger partial charge in [0.1, 0.15) is 5.75 Å². The van der Waals surface area contributed by atoms with E-state index < -0.39 is 11.9 Å². The van der Waals surface area contributed by atoms with E-state index in [1.807, 2.05) is 19.1 Å². The van der Waals surface area contributed by atoms with Gasteiger partial charge in [0.25, 0.3) is 5.91 Å². The van der Waals surface area contributed by atoms with Crippen LogP contribution in [0.15, 0.2) is 36.4 Å². The van der Waals surface area contributed by atoms with Gasteiger partial charge in [0, 0.05) is 0 Å². The van der Waals surface area contributed by atoms with E-state index in [0.29, 0.717) is 5.75 Å². The minimum atomic E-state index is -1.16. The van der Waals surface area contributed by atoms with Crippen LogP contribution in [0.5, 0.6) is 11.5 Å². The van der Waals surface area contributed by atoms with Gasteiger partial charge in [-0.25, -0.2) is 4.79 Å². The predicted octanol–water partition coefficient (Wildman–Crippen LogP) is 3.63. The molecule has 0 saturated carbocycles. The molecule has 2 aromatic carbocycles. The van der Waals surface area contributed by atoms with Crippen molar-refractivity contribution in [2.24, 2.45) is 0 Å². The summed E-state index contributed by atoms with van der Waals surface area (Å²) in [5, 5.41) is 11.7. The predicted molar refractivity (Wildman–Crippen MR) is 94.9 cm³/mol. The Bertz CT molecular complexity index is 774. The van der Waals surface area contributed by atoms with E-state index in [9.17, 15) is 9.59 Å². The average Bonchev–Trinajstić information content (AvgIpc) is 2.60. The monoisotopic (exact) mass is 363 g/mol. The van der Waals surface area contributed by atoms with Crippen molar-refractivity contribution in [1.82, 2.24) is 0 Å². The van der Waals surface area contributed by atoms with E-state index in [2.05, 4.69) is 5.32 Å². The van der Waals surface area contributed by atoms with Gasteiger partial charge in [-0.3, -0.25) is 4.79 Å². The van der Waals surface area contributed by atoms with Gasteiger partial charge < -0.3 is 19.9 Å². The third-order valence-electron chi connectivity index (χ3n) is 3.47. The van der Waals surface area contributed by atoms with Gasteiger partial charge in [-0.05, 0) is 36.2 Å². The highest BCUT2D eigenvalue weighted by molar-refractivity contribution is 6.33. The van der Waals surface area contributed by atoms with E-state index >= 15 is 0 Å². The van der Waals surface area contributed by atoms with Crippen molar-refractivity contribution < 1.29 is 24.2 Å². The summed E-state index contributed by atoms with van der Waals surface area (Å²) in [6.45, 7) is 1.82. The zero-order chi connectivity index (χ0) is 18.4. The maximum Gasteiger partial charge on any atom is 0.335 e. The maximum atomic E-state index is 12.1. The third-order valence-corrected chi connectivity index (χ3v) is 3.75. The molecule has 0 aromatic heterocycles. The van der Waals surface area contributed by atoms with Crippen molar-refractivity contribution in [2.75, 3.05) is 19.0 Å². The molecule has 2 N–H and O–H groups in total. The van der Waals surface area contributed by atoms with E-state index in [-0.39, 0.29) is 28.6 Å². The number of carbonyl (C=O) groups is 2. The topological polar surface area (TPSA) is 84.9 Å². The number of benzene rings is 2. The number of halogens is 1. The number of nitrogens with one attached hydrogen (secondary N) is 1. The molecule has 0 aliphatic carbocycles. The van der Waals surface area contributed by atoms with Gasteiger partial charge in [0.05, 0.1) is 23.4 Å². The van der Waals surface area contributed by atoms with Gasteiger partial charge in [-0.1, -0.05) is 30.7 Å². The van der Waals surface area contributed by atoms with Gasteiger partial charge >= 0.3 is 5.97 Å². The second-order valence-corrected chi connectivity index (χ2v) is 5.59. The molecule has 0 heterocycles. The summed E-state index contributed by atoms with van der Waals surface area (Å²) >= 11 is 5.99. The van der Waals surface area contributed by atoms with Crippen LogP contribution in [0.1, 0.15) is 22.8 Å². The minimum absolute atomic E-state index is 0.0582. The van der Waals surface area contributed by atoms with Crippen LogP contribution in [0.3, 0.4) is 0 Å². The molecule has 0 unspecified atom stereocenters. The fourth-order valence-electron chi connectivity index (χ4n) is 2.17. The van der Waals surface area contributed by atoms with Crippen LogP contribution in [0.4, 0.5) is 5.69 Å². The molecule has 7 heteroatoms. The van der Waals surface area contributed by atoms with Crippen LogP contribution in [0, 0.1) is 0 Å². The van der Waals surface area contributed by atoms with Crippen molar-refractivity contribution in [3.63, 3.8) is 0 Å². The molecule has 0 fully saturated rings. The average molecular weight is 364 g/mol. The summed E-state index contributed by atoms with van der Waals surface area (Å²) in [5.74, 6) is -0.868. The number of hydrogen-bond donors (Lipinski definition) is 2. The van der Waals surface area contributed by atoms with Crippen LogP contribution in [-0.2, 0) is 11.2 Å². The Labute approximate surface area is 150 Å². The molecule has 0 saturated heterocycles. The van der Waals surface area contributed by atoms with Gasteiger partial charge in [-0.2, -0.15) is 0 Å². The van der Waals surface area contributed by atoms with Gasteiger partial charge in [-0.15, -0.1) is 0 Å². The quantitative estimate of drug-likeness (QED) is 0.784. The number of anilines is 1. The largest absolute Gasteiger partial charge is 0.493 e. The number of ether oxygens (including phenoxy) is 2. The lowest BCUT2D eigenvalue weighted by Gasteiger charge is -2.13. The van der Waals surface area contributed by atoms with E-state index in [1.54, 1.807) is 12.1 Å². The number of carboxylic acids is 1. The van der Waals surface area contributed by atoms with Crippen LogP contribution >= 0.6 is 11.6 Å². The number of hydrogen-bond acceptors (Lipinski definition) is 4. The van der Waals surface area contributed by atoms with Crippen LogP contribution < -0.4 is 14.8 Å². The Kier molecular flexibility index (Phi) is 6.25. The molecule has 2 rings (SSSR count). The summed E-state index contributed by atoms with van der Waals surface area (Å²) in [6.07, 6.45) is 0.918. The second kappa shape index (κ2) is 8.39. The van der Waals surface area contributed by atoms with Crippen LogP contribution in [0.2, 0.25) is 5.02 Å². The highest BCUT2D eigenvalue weighted by Crippen LogP contribution is 2.34. The number of rotatable bonds is 7. The summed E-state index contributed by atoms with van der Waals surface area (Å²) < 4.78 is 10.5. The highest BCUT2D eigenvalue weighted by atomic mass is 35.5. The fraction of sp³-hybridized carbons (Fsp3) is 0.222. The molecule has 2 aromatic rings. The Morgan fingerprint density at radius 2 is 1.88 bits per heavy atom. The number of methoxy groups -OCH3 is 1. The van der Waals surface area contributed by atoms with E-state index in [1.165, 1.54) is 24.8 Å². The van der Waals surface area contributed by atoms with Crippen molar-refractivity contribution >= 4 is 29.2 Å². The number of aromatic carboxylic acids is 1. The van der Waals surface area contributed by atoms with Crippen LogP contribution in [-0.4, -0.2) is 30.7 Å². The zero-order valence-corrected chi connectivity index (χ0v) is 14.6.